The summed E-state index contributed by atoms with van der Waals surface area (Å²) in [4.78, 5) is 26.1. The van der Waals surface area contributed by atoms with E-state index >= 15 is 0 Å². The van der Waals surface area contributed by atoms with Crippen LogP contribution in [0.3, 0.4) is 0 Å². The molecular formula is C18H26N2O3. The summed E-state index contributed by atoms with van der Waals surface area (Å²) >= 11 is 0. The van der Waals surface area contributed by atoms with E-state index in [9.17, 15) is 9.59 Å². The van der Waals surface area contributed by atoms with Gasteiger partial charge in [-0.1, -0.05) is 26.0 Å². The number of ether oxygens (including phenoxy) is 1. The molecule has 1 N–H and O–H groups in total. The topological polar surface area (TPSA) is 58.6 Å². The number of benzene rings is 1. The molecule has 0 radical (unpaired) electrons. The van der Waals surface area contributed by atoms with Crippen LogP contribution in [-0.4, -0.2) is 38.6 Å². The Morgan fingerprint density at radius 3 is 2.65 bits per heavy atom. The van der Waals surface area contributed by atoms with Crippen LogP contribution >= 0.6 is 0 Å². The van der Waals surface area contributed by atoms with Gasteiger partial charge in [-0.05, 0) is 30.0 Å². The quantitative estimate of drug-likeness (QED) is 0.785. The molecule has 1 aromatic rings. The number of nitrogens with zero attached hydrogens (tertiary/aromatic N) is 1. The van der Waals surface area contributed by atoms with Crippen molar-refractivity contribution >= 4 is 17.5 Å². The van der Waals surface area contributed by atoms with Gasteiger partial charge in [0, 0.05) is 38.9 Å². The van der Waals surface area contributed by atoms with Crippen molar-refractivity contribution in [3.05, 3.63) is 29.8 Å². The van der Waals surface area contributed by atoms with E-state index in [1.54, 1.807) is 12.0 Å². The van der Waals surface area contributed by atoms with Crippen LogP contribution in [0.15, 0.2) is 24.3 Å². The van der Waals surface area contributed by atoms with Gasteiger partial charge in [-0.25, -0.2) is 0 Å². The first-order valence-electron chi connectivity index (χ1n) is 8.20. The van der Waals surface area contributed by atoms with Gasteiger partial charge in [-0.2, -0.15) is 0 Å². The molecular weight excluding hydrogens is 292 g/mol. The number of hydrogen-bond donors (Lipinski definition) is 1. The lowest BCUT2D eigenvalue weighted by atomic mass is 10.0. The molecule has 5 nitrogen and oxygen atoms in total. The zero-order chi connectivity index (χ0) is 16.8. The number of methoxy groups -OCH3 is 1. The third-order valence-corrected chi connectivity index (χ3v) is 4.19. The minimum Gasteiger partial charge on any atom is -0.385 e. The maximum absolute atomic E-state index is 12.2. The zero-order valence-corrected chi connectivity index (χ0v) is 14.2. The Bertz CT molecular complexity index is 540. The largest absolute Gasteiger partial charge is 0.385 e. The zero-order valence-electron chi connectivity index (χ0n) is 14.2. The first kappa shape index (κ1) is 17.5. The molecule has 2 amide bonds. The van der Waals surface area contributed by atoms with Crippen LogP contribution in [0.25, 0.3) is 0 Å². The number of hydrogen-bond acceptors (Lipinski definition) is 3. The Kier molecular flexibility index (Phi) is 6.16. The predicted octanol–water partition coefficient (Wildman–Crippen LogP) is 2.32. The van der Waals surface area contributed by atoms with E-state index in [1.807, 2.05) is 24.3 Å². The van der Waals surface area contributed by atoms with Gasteiger partial charge < -0.3 is 15.0 Å². The highest BCUT2D eigenvalue weighted by Crippen LogP contribution is 2.26. The number of amides is 2. The molecule has 0 aliphatic carbocycles. The first-order valence-corrected chi connectivity index (χ1v) is 8.20. The highest BCUT2D eigenvalue weighted by molar-refractivity contribution is 6.00. The second-order valence-electron chi connectivity index (χ2n) is 6.29. The number of anilines is 1. The molecule has 0 aromatic heterocycles. The second-order valence-corrected chi connectivity index (χ2v) is 6.29. The molecule has 0 unspecified atom stereocenters. The SMILES string of the molecule is COCCCNC(=O)[C@H]1CC(=O)N(c2ccc(C(C)C)cc2)C1. The summed E-state index contributed by atoms with van der Waals surface area (Å²) in [6.45, 7) is 5.94. The van der Waals surface area contributed by atoms with Crippen LogP contribution in [0, 0.1) is 5.92 Å². The van der Waals surface area contributed by atoms with Crippen molar-refractivity contribution in [1.29, 1.82) is 0 Å². The van der Waals surface area contributed by atoms with Crippen molar-refractivity contribution in [3.8, 4) is 0 Å². The Balaban J connectivity index is 1.92. The van der Waals surface area contributed by atoms with E-state index in [0.29, 0.717) is 25.6 Å². The van der Waals surface area contributed by atoms with Crippen LogP contribution in [0.5, 0.6) is 0 Å². The van der Waals surface area contributed by atoms with Crippen molar-refractivity contribution in [1.82, 2.24) is 5.32 Å². The Labute approximate surface area is 138 Å². The van der Waals surface area contributed by atoms with Crippen LogP contribution < -0.4 is 10.2 Å². The fourth-order valence-electron chi connectivity index (χ4n) is 2.74. The summed E-state index contributed by atoms with van der Waals surface area (Å²) in [6, 6.07) is 8.02. The highest BCUT2D eigenvalue weighted by atomic mass is 16.5. The fraction of sp³-hybridized carbons (Fsp3) is 0.556. The average molecular weight is 318 g/mol. The summed E-state index contributed by atoms with van der Waals surface area (Å²) < 4.78 is 4.95. The molecule has 0 saturated carbocycles. The molecule has 1 fully saturated rings. The van der Waals surface area contributed by atoms with Gasteiger partial charge in [0.1, 0.15) is 0 Å². The molecule has 1 aliphatic heterocycles. The molecule has 1 aromatic carbocycles. The normalized spacial score (nSPS) is 17.8. The predicted molar refractivity (Wildman–Crippen MR) is 90.5 cm³/mol. The van der Waals surface area contributed by atoms with E-state index < -0.39 is 0 Å². The van der Waals surface area contributed by atoms with Gasteiger partial charge in [0.05, 0.1) is 5.92 Å². The maximum Gasteiger partial charge on any atom is 0.227 e. The van der Waals surface area contributed by atoms with E-state index in [4.69, 9.17) is 4.74 Å². The number of rotatable bonds is 7. The van der Waals surface area contributed by atoms with Crippen LogP contribution in [0.4, 0.5) is 5.69 Å². The van der Waals surface area contributed by atoms with Crippen molar-refractivity contribution in [2.75, 3.05) is 31.7 Å². The van der Waals surface area contributed by atoms with Crippen molar-refractivity contribution in [2.24, 2.45) is 5.92 Å². The van der Waals surface area contributed by atoms with Gasteiger partial charge in [-0.3, -0.25) is 9.59 Å². The minimum atomic E-state index is -0.269. The van der Waals surface area contributed by atoms with Gasteiger partial charge >= 0.3 is 0 Å². The molecule has 1 atom stereocenters. The lowest BCUT2D eigenvalue weighted by Gasteiger charge is -2.17. The first-order chi connectivity index (χ1) is 11.0. The summed E-state index contributed by atoms with van der Waals surface area (Å²) in [5.41, 5.74) is 2.11. The molecule has 1 aliphatic rings. The smallest absolute Gasteiger partial charge is 0.227 e. The standard InChI is InChI=1S/C18H26N2O3/c1-13(2)14-5-7-16(8-6-14)20-12-15(11-17(20)21)18(22)19-9-4-10-23-3/h5-8,13,15H,4,9-12H2,1-3H3,(H,19,22)/t15-/m0/s1. The lowest BCUT2D eigenvalue weighted by molar-refractivity contribution is -0.126. The monoisotopic (exact) mass is 318 g/mol. The highest BCUT2D eigenvalue weighted by Gasteiger charge is 2.34. The maximum atomic E-state index is 12.2. The molecule has 126 valence electrons. The van der Waals surface area contributed by atoms with E-state index in [2.05, 4.69) is 19.2 Å². The third kappa shape index (κ3) is 4.55. The summed E-state index contributed by atoms with van der Waals surface area (Å²) in [5.74, 6) is 0.161. The molecule has 23 heavy (non-hydrogen) atoms. The van der Waals surface area contributed by atoms with E-state index in [0.717, 1.165) is 12.1 Å². The summed E-state index contributed by atoms with van der Waals surface area (Å²) in [5, 5.41) is 2.88. The molecule has 2 rings (SSSR count). The van der Waals surface area contributed by atoms with Crippen LogP contribution in [0.2, 0.25) is 0 Å². The molecule has 0 spiro atoms. The number of nitrogens with one attached hydrogen (secondary N) is 1. The number of carbonyl (C=O) groups excluding carboxylic acids is 2. The third-order valence-electron chi connectivity index (χ3n) is 4.19. The Morgan fingerprint density at radius 2 is 2.04 bits per heavy atom. The van der Waals surface area contributed by atoms with Gasteiger partial charge in [-0.15, -0.1) is 0 Å². The van der Waals surface area contributed by atoms with Crippen molar-refractivity contribution in [2.45, 2.75) is 32.6 Å². The minimum absolute atomic E-state index is 0.0133. The van der Waals surface area contributed by atoms with Crippen molar-refractivity contribution < 1.29 is 14.3 Å². The molecule has 0 bridgehead atoms. The van der Waals surface area contributed by atoms with E-state index in [-0.39, 0.29) is 24.2 Å². The second kappa shape index (κ2) is 8.11. The summed E-state index contributed by atoms with van der Waals surface area (Å²) in [7, 11) is 1.64. The van der Waals surface area contributed by atoms with Crippen molar-refractivity contribution in [3.63, 3.8) is 0 Å². The summed E-state index contributed by atoms with van der Waals surface area (Å²) in [6.07, 6.45) is 1.06. The van der Waals surface area contributed by atoms with Crippen LogP contribution in [0.1, 0.15) is 38.2 Å². The Hall–Kier alpha value is -1.88. The molecule has 5 heteroatoms. The van der Waals surface area contributed by atoms with Gasteiger partial charge in [0.25, 0.3) is 0 Å². The van der Waals surface area contributed by atoms with Crippen LogP contribution in [-0.2, 0) is 14.3 Å². The molecule has 1 saturated heterocycles. The van der Waals surface area contributed by atoms with Gasteiger partial charge in [0.15, 0.2) is 0 Å². The number of carbonyl (C=O) groups is 2. The van der Waals surface area contributed by atoms with E-state index in [1.165, 1.54) is 5.56 Å². The fourth-order valence-corrected chi connectivity index (χ4v) is 2.74. The van der Waals surface area contributed by atoms with Gasteiger partial charge in [0.2, 0.25) is 11.8 Å². The molecule has 1 heterocycles. The average Bonchev–Trinajstić information content (AvgIpc) is 2.93. The Morgan fingerprint density at radius 1 is 1.35 bits per heavy atom. The lowest BCUT2D eigenvalue weighted by Crippen LogP contribution is -2.33.